The van der Waals surface area contributed by atoms with Crippen molar-refractivity contribution in [1.82, 2.24) is 4.68 Å². The van der Waals surface area contributed by atoms with Gasteiger partial charge < -0.3 is 9.64 Å². The number of rotatable bonds is 7. The van der Waals surface area contributed by atoms with Crippen molar-refractivity contribution in [3.05, 3.63) is 86.5 Å². The molecule has 9 heteroatoms. The van der Waals surface area contributed by atoms with Crippen LogP contribution in [0.15, 0.2) is 76.2 Å². The maximum atomic E-state index is 11.3. The molecule has 176 valence electrons. The monoisotopic (exact) mass is 477 g/mol. The van der Waals surface area contributed by atoms with Gasteiger partial charge in [-0.3, -0.25) is 15.1 Å². The summed E-state index contributed by atoms with van der Waals surface area (Å²) in [5, 5.41) is 18.1. The van der Waals surface area contributed by atoms with Gasteiger partial charge in [-0.25, -0.2) is 4.68 Å². The molecule has 3 aromatic rings. The Bertz CT molecular complexity index is 1280. The Morgan fingerprint density at radius 2 is 1.91 bits per heavy atom. The molecular formula is C25H27N5O3S. The standard InChI is InChI=1S/C25H27N5O3S/c1-18(2)16-26-25-29(24(17-34-25)21-5-4-6-23(15-21)30(31)32)27-19(3)20-7-9-22(10-8-20)28-11-13-33-14-12-28/h4-10,15,17H,1,11-14,16H2,2-3H3. The summed E-state index contributed by atoms with van der Waals surface area (Å²) in [5.41, 5.74) is 5.41. The van der Waals surface area contributed by atoms with E-state index in [-0.39, 0.29) is 5.69 Å². The number of anilines is 1. The number of hydrogen-bond acceptors (Lipinski definition) is 7. The van der Waals surface area contributed by atoms with Crippen molar-refractivity contribution >= 4 is 28.4 Å². The van der Waals surface area contributed by atoms with E-state index in [1.54, 1.807) is 16.8 Å². The number of morpholine rings is 1. The molecule has 2 heterocycles. The molecule has 1 aliphatic rings. The highest BCUT2D eigenvalue weighted by molar-refractivity contribution is 7.07. The molecular weight excluding hydrogens is 450 g/mol. The highest BCUT2D eigenvalue weighted by atomic mass is 32.1. The predicted molar refractivity (Wildman–Crippen MR) is 137 cm³/mol. The predicted octanol–water partition coefficient (Wildman–Crippen LogP) is 4.71. The molecule has 0 amide bonds. The molecule has 0 saturated carbocycles. The lowest BCUT2D eigenvalue weighted by atomic mass is 10.1. The molecule has 4 rings (SSSR count). The van der Waals surface area contributed by atoms with Gasteiger partial charge in [0.15, 0.2) is 0 Å². The van der Waals surface area contributed by atoms with Gasteiger partial charge in [0, 0.05) is 41.9 Å². The number of aromatic nitrogens is 1. The lowest BCUT2D eigenvalue weighted by molar-refractivity contribution is -0.384. The van der Waals surface area contributed by atoms with Crippen molar-refractivity contribution < 1.29 is 9.66 Å². The molecule has 1 saturated heterocycles. The van der Waals surface area contributed by atoms with Crippen LogP contribution in [0.3, 0.4) is 0 Å². The Labute approximate surface area is 202 Å². The van der Waals surface area contributed by atoms with Crippen LogP contribution in [0.25, 0.3) is 11.3 Å². The maximum Gasteiger partial charge on any atom is 0.270 e. The Balaban J connectivity index is 1.72. The number of ether oxygens (including phenoxy) is 1. The molecule has 0 N–H and O–H groups in total. The lowest BCUT2D eigenvalue weighted by Crippen LogP contribution is -2.36. The minimum absolute atomic E-state index is 0.0371. The number of hydrogen-bond donors (Lipinski definition) is 0. The molecule has 0 bridgehead atoms. The summed E-state index contributed by atoms with van der Waals surface area (Å²) < 4.78 is 7.20. The topological polar surface area (TPSA) is 85.3 Å². The molecule has 1 aromatic heterocycles. The second kappa shape index (κ2) is 10.6. The van der Waals surface area contributed by atoms with Gasteiger partial charge in [-0.05, 0) is 31.5 Å². The minimum atomic E-state index is -0.392. The van der Waals surface area contributed by atoms with Crippen LogP contribution >= 0.6 is 11.3 Å². The van der Waals surface area contributed by atoms with Crippen molar-refractivity contribution in [2.75, 3.05) is 37.7 Å². The highest BCUT2D eigenvalue weighted by Gasteiger charge is 2.14. The Kier molecular flexibility index (Phi) is 7.34. The third kappa shape index (κ3) is 5.49. The lowest BCUT2D eigenvalue weighted by Gasteiger charge is -2.28. The Morgan fingerprint density at radius 3 is 2.59 bits per heavy atom. The molecule has 1 fully saturated rings. The average Bonchev–Trinajstić information content (AvgIpc) is 3.25. The largest absolute Gasteiger partial charge is 0.378 e. The number of non-ortho nitro benzene ring substituents is 1. The van der Waals surface area contributed by atoms with Crippen LogP contribution < -0.4 is 9.70 Å². The molecule has 0 aliphatic carbocycles. The molecule has 0 radical (unpaired) electrons. The van der Waals surface area contributed by atoms with E-state index in [1.807, 2.05) is 25.3 Å². The maximum absolute atomic E-state index is 11.3. The van der Waals surface area contributed by atoms with Crippen molar-refractivity contribution in [3.63, 3.8) is 0 Å². The summed E-state index contributed by atoms with van der Waals surface area (Å²) in [6.45, 7) is 11.6. The van der Waals surface area contributed by atoms with Crippen LogP contribution in [-0.2, 0) is 4.74 Å². The second-order valence-electron chi connectivity index (χ2n) is 8.13. The van der Waals surface area contributed by atoms with Gasteiger partial charge in [-0.2, -0.15) is 5.10 Å². The van der Waals surface area contributed by atoms with Crippen molar-refractivity contribution in [2.45, 2.75) is 13.8 Å². The van der Waals surface area contributed by atoms with Crippen LogP contribution in [-0.4, -0.2) is 48.2 Å². The van der Waals surface area contributed by atoms with Crippen LogP contribution in [0.4, 0.5) is 11.4 Å². The van der Waals surface area contributed by atoms with E-state index >= 15 is 0 Å². The van der Waals surface area contributed by atoms with Crippen molar-refractivity contribution in [1.29, 1.82) is 0 Å². The number of nitrogens with zero attached hydrogens (tertiary/aromatic N) is 5. The first-order valence-corrected chi connectivity index (χ1v) is 11.9. The van der Waals surface area contributed by atoms with E-state index in [0.29, 0.717) is 16.9 Å². The van der Waals surface area contributed by atoms with E-state index < -0.39 is 4.92 Å². The number of benzene rings is 2. The average molecular weight is 478 g/mol. The fourth-order valence-electron chi connectivity index (χ4n) is 3.63. The third-order valence-electron chi connectivity index (χ3n) is 5.43. The van der Waals surface area contributed by atoms with E-state index in [4.69, 9.17) is 9.84 Å². The molecule has 0 unspecified atom stereocenters. The zero-order valence-corrected chi connectivity index (χ0v) is 20.1. The van der Waals surface area contributed by atoms with Gasteiger partial charge in [0.25, 0.3) is 5.69 Å². The van der Waals surface area contributed by atoms with E-state index in [2.05, 4.69) is 40.7 Å². The van der Waals surface area contributed by atoms with Crippen LogP contribution in [0.2, 0.25) is 0 Å². The molecule has 34 heavy (non-hydrogen) atoms. The fourth-order valence-corrected chi connectivity index (χ4v) is 4.46. The van der Waals surface area contributed by atoms with Crippen molar-refractivity contribution in [3.8, 4) is 11.3 Å². The summed E-state index contributed by atoms with van der Waals surface area (Å²) in [5.74, 6) is 0. The Hall–Kier alpha value is -3.56. The number of thiazole rings is 1. The van der Waals surface area contributed by atoms with E-state index in [0.717, 1.165) is 54.5 Å². The first-order valence-electron chi connectivity index (χ1n) is 11.0. The van der Waals surface area contributed by atoms with Gasteiger partial charge in [0.2, 0.25) is 4.80 Å². The SMILES string of the molecule is C=C(C)CN=c1scc(-c2cccc([N+](=O)[O-])c2)n1N=C(C)c1ccc(N2CCOCC2)cc1. The fraction of sp³-hybridized carbons (Fsp3) is 0.280. The smallest absolute Gasteiger partial charge is 0.270 e. The highest BCUT2D eigenvalue weighted by Crippen LogP contribution is 2.25. The summed E-state index contributed by atoms with van der Waals surface area (Å²) in [6.07, 6.45) is 0. The molecule has 0 spiro atoms. The van der Waals surface area contributed by atoms with Crippen LogP contribution in [0, 0.1) is 10.1 Å². The zero-order chi connectivity index (χ0) is 24.1. The molecule has 1 aliphatic heterocycles. The van der Waals surface area contributed by atoms with Crippen LogP contribution in [0.5, 0.6) is 0 Å². The second-order valence-corrected chi connectivity index (χ2v) is 8.96. The first kappa shape index (κ1) is 23.6. The summed E-state index contributed by atoms with van der Waals surface area (Å²) in [7, 11) is 0. The molecule has 2 aromatic carbocycles. The van der Waals surface area contributed by atoms with E-state index in [9.17, 15) is 10.1 Å². The third-order valence-corrected chi connectivity index (χ3v) is 6.29. The minimum Gasteiger partial charge on any atom is -0.378 e. The van der Waals surface area contributed by atoms with Crippen LogP contribution in [0.1, 0.15) is 19.4 Å². The van der Waals surface area contributed by atoms with Gasteiger partial charge in [-0.1, -0.05) is 36.4 Å². The molecule has 0 atom stereocenters. The number of nitro benzene ring substituents is 1. The van der Waals surface area contributed by atoms with Gasteiger partial charge >= 0.3 is 0 Å². The quantitative estimate of drug-likeness (QED) is 0.213. The Morgan fingerprint density at radius 1 is 1.18 bits per heavy atom. The summed E-state index contributed by atoms with van der Waals surface area (Å²) >= 11 is 1.45. The van der Waals surface area contributed by atoms with Gasteiger partial charge in [-0.15, -0.1) is 11.3 Å². The number of nitro groups is 1. The first-order chi connectivity index (χ1) is 16.4. The van der Waals surface area contributed by atoms with Gasteiger partial charge in [0.1, 0.15) is 0 Å². The van der Waals surface area contributed by atoms with Gasteiger partial charge in [0.05, 0.1) is 36.1 Å². The zero-order valence-electron chi connectivity index (χ0n) is 19.3. The summed E-state index contributed by atoms with van der Waals surface area (Å²) in [6, 6.07) is 14.9. The normalized spacial score (nSPS) is 14.9. The summed E-state index contributed by atoms with van der Waals surface area (Å²) in [4.78, 5) is 18.6. The van der Waals surface area contributed by atoms with Crippen molar-refractivity contribution in [2.24, 2.45) is 10.1 Å². The molecule has 8 nitrogen and oxygen atoms in total. The van der Waals surface area contributed by atoms with E-state index in [1.165, 1.54) is 17.4 Å².